The molecule has 26 heavy (non-hydrogen) atoms. The van der Waals surface area contributed by atoms with Crippen molar-refractivity contribution in [1.29, 1.82) is 0 Å². The molecule has 2 aromatic rings. The van der Waals surface area contributed by atoms with Crippen LogP contribution in [0.15, 0.2) is 41.4 Å². The Morgan fingerprint density at radius 3 is 2.12 bits per heavy atom. The van der Waals surface area contributed by atoms with E-state index in [1.165, 1.54) is 5.56 Å². The quantitative estimate of drug-likeness (QED) is 0.793. The highest BCUT2D eigenvalue weighted by molar-refractivity contribution is 6.12. The van der Waals surface area contributed by atoms with Gasteiger partial charge in [-0.2, -0.15) is 0 Å². The van der Waals surface area contributed by atoms with Crippen molar-refractivity contribution < 1.29 is 18.9 Å². The molecule has 0 N–H and O–H groups in total. The van der Waals surface area contributed by atoms with Gasteiger partial charge in [-0.3, -0.25) is 4.99 Å². The van der Waals surface area contributed by atoms with E-state index in [1.807, 2.05) is 42.5 Å². The summed E-state index contributed by atoms with van der Waals surface area (Å²) in [5.41, 5.74) is 4.23. The Morgan fingerprint density at radius 2 is 1.42 bits per heavy atom. The zero-order valence-electron chi connectivity index (χ0n) is 15.5. The maximum absolute atomic E-state index is 5.43. The number of fused-ring (bicyclic) bond motifs is 1. The van der Waals surface area contributed by atoms with E-state index in [4.69, 9.17) is 18.9 Å². The summed E-state index contributed by atoms with van der Waals surface area (Å²) < 4.78 is 21.5. The molecule has 0 saturated carbocycles. The monoisotopic (exact) mass is 353 g/mol. The van der Waals surface area contributed by atoms with Crippen LogP contribution < -0.4 is 18.9 Å². The smallest absolute Gasteiger partial charge is 0.161 e. The minimum absolute atomic E-state index is 0.701. The molecule has 0 fully saturated rings. The second kappa shape index (κ2) is 7.95. The highest BCUT2D eigenvalue weighted by Gasteiger charge is 2.17. The Morgan fingerprint density at radius 1 is 0.769 bits per heavy atom. The highest BCUT2D eigenvalue weighted by atomic mass is 16.5. The van der Waals surface area contributed by atoms with Gasteiger partial charge in [0, 0.05) is 12.1 Å². The molecule has 0 atom stereocenters. The number of rotatable bonds is 6. The summed E-state index contributed by atoms with van der Waals surface area (Å²) >= 11 is 0. The van der Waals surface area contributed by atoms with Gasteiger partial charge in [0.25, 0.3) is 0 Å². The molecule has 0 saturated heterocycles. The first-order chi connectivity index (χ1) is 12.7. The Balaban J connectivity index is 1.92. The number of benzene rings is 2. The third kappa shape index (κ3) is 3.52. The first-order valence-electron chi connectivity index (χ1n) is 8.40. The number of hydrogen-bond donors (Lipinski definition) is 0. The lowest BCUT2D eigenvalue weighted by Gasteiger charge is -2.18. The fraction of sp³-hybridized carbons (Fsp3) is 0.286. The largest absolute Gasteiger partial charge is 0.493 e. The van der Waals surface area contributed by atoms with E-state index < -0.39 is 0 Å². The Kier molecular flexibility index (Phi) is 5.46. The summed E-state index contributed by atoms with van der Waals surface area (Å²) in [5, 5.41) is 0. The molecular formula is C21H23NO4. The number of methoxy groups -OCH3 is 4. The van der Waals surface area contributed by atoms with Crippen LogP contribution in [0, 0.1) is 0 Å². The molecule has 5 nitrogen and oxygen atoms in total. The van der Waals surface area contributed by atoms with Crippen LogP contribution in [0.2, 0.25) is 0 Å². The average Bonchev–Trinajstić information content (AvgIpc) is 2.70. The Labute approximate surface area is 153 Å². The SMILES string of the molecule is COc1ccc(/C=C/C2=NCCc3cc(OC)c(OC)cc32)cc1OC. The van der Waals surface area contributed by atoms with E-state index in [0.29, 0.717) is 17.2 Å². The molecule has 0 unspecified atom stereocenters. The van der Waals surface area contributed by atoms with E-state index in [1.54, 1.807) is 28.4 Å². The molecule has 1 aliphatic rings. The first-order valence-corrected chi connectivity index (χ1v) is 8.40. The number of hydrogen-bond acceptors (Lipinski definition) is 5. The van der Waals surface area contributed by atoms with Crippen molar-refractivity contribution >= 4 is 11.8 Å². The summed E-state index contributed by atoms with van der Waals surface area (Å²) in [4.78, 5) is 4.67. The molecule has 3 rings (SSSR count). The highest BCUT2D eigenvalue weighted by Crippen LogP contribution is 2.33. The Bertz CT molecular complexity index is 855. The van der Waals surface area contributed by atoms with Crippen molar-refractivity contribution in [2.75, 3.05) is 35.0 Å². The van der Waals surface area contributed by atoms with Gasteiger partial charge < -0.3 is 18.9 Å². The van der Waals surface area contributed by atoms with E-state index in [2.05, 4.69) is 4.99 Å². The minimum atomic E-state index is 0.701. The number of aliphatic imine (C=N–C) groups is 1. The van der Waals surface area contributed by atoms with Crippen molar-refractivity contribution in [3.63, 3.8) is 0 Å². The van der Waals surface area contributed by atoms with Gasteiger partial charge in [-0.15, -0.1) is 0 Å². The van der Waals surface area contributed by atoms with Gasteiger partial charge in [0.15, 0.2) is 23.0 Å². The maximum Gasteiger partial charge on any atom is 0.161 e. The third-order valence-electron chi connectivity index (χ3n) is 4.39. The Hall–Kier alpha value is -2.95. The van der Waals surface area contributed by atoms with Gasteiger partial charge in [0.2, 0.25) is 0 Å². The van der Waals surface area contributed by atoms with Gasteiger partial charge in [-0.1, -0.05) is 12.1 Å². The van der Waals surface area contributed by atoms with E-state index in [0.717, 1.165) is 35.6 Å². The molecule has 0 aliphatic carbocycles. The van der Waals surface area contributed by atoms with Crippen molar-refractivity contribution in [3.05, 3.63) is 53.1 Å². The van der Waals surface area contributed by atoms with Gasteiger partial charge in [-0.25, -0.2) is 0 Å². The second-order valence-electron chi connectivity index (χ2n) is 5.83. The molecule has 0 amide bonds. The summed E-state index contributed by atoms with van der Waals surface area (Å²) in [7, 11) is 6.55. The summed E-state index contributed by atoms with van der Waals surface area (Å²) in [6, 6.07) is 9.84. The van der Waals surface area contributed by atoms with Gasteiger partial charge in [0.1, 0.15) is 0 Å². The zero-order valence-corrected chi connectivity index (χ0v) is 15.5. The molecule has 1 heterocycles. The molecular weight excluding hydrogens is 330 g/mol. The van der Waals surface area contributed by atoms with Gasteiger partial charge in [-0.05, 0) is 47.9 Å². The van der Waals surface area contributed by atoms with Gasteiger partial charge >= 0.3 is 0 Å². The standard InChI is InChI=1S/C21H23NO4/c1-23-18-8-6-14(11-19(18)24-2)5-7-17-16-13-21(26-4)20(25-3)12-15(16)9-10-22-17/h5-8,11-13H,9-10H2,1-4H3/b7-5+. The molecule has 0 bridgehead atoms. The molecule has 0 aromatic heterocycles. The van der Waals surface area contributed by atoms with E-state index in [-0.39, 0.29) is 0 Å². The number of ether oxygens (including phenoxy) is 4. The number of nitrogens with zero attached hydrogens (tertiary/aromatic N) is 1. The van der Waals surface area contributed by atoms with Crippen molar-refractivity contribution in [3.8, 4) is 23.0 Å². The van der Waals surface area contributed by atoms with Crippen molar-refractivity contribution in [2.24, 2.45) is 4.99 Å². The molecule has 5 heteroatoms. The van der Waals surface area contributed by atoms with Crippen molar-refractivity contribution in [1.82, 2.24) is 0 Å². The summed E-state index contributed by atoms with van der Waals surface area (Å²) in [5.74, 6) is 2.87. The average molecular weight is 353 g/mol. The van der Waals surface area contributed by atoms with Crippen LogP contribution in [-0.4, -0.2) is 40.7 Å². The zero-order chi connectivity index (χ0) is 18.5. The van der Waals surface area contributed by atoms with Crippen molar-refractivity contribution in [2.45, 2.75) is 6.42 Å². The predicted molar refractivity (Wildman–Crippen MR) is 103 cm³/mol. The van der Waals surface area contributed by atoms with Gasteiger partial charge in [0.05, 0.1) is 34.2 Å². The predicted octanol–water partition coefficient (Wildman–Crippen LogP) is 3.78. The maximum atomic E-state index is 5.43. The third-order valence-corrected chi connectivity index (χ3v) is 4.39. The lowest BCUT2D eigenvalue weighted by atomic mass is 9.96. The second-order valence-corrected chi connectivity index (χ2v) is 5.83. The van der Waals surface area contributed by atoms with E-state index >= 15 is 0 Å². The minimum Gasteiger partial charge on any atom is -0.493 e. The molecule has 0 spiro atoms. The fourth-order valence-corrected chi connectivity index (χ4v) is 3.02. The molecule has 136 valence electrons. The lowest BCUT2D eigenvalue weighted by molar-refractivity contribution is 0.354. The fourth-order valence-electron chi connectivity index (χ4n) is 3.02. The van der Waals surface area contributed by atoms with Crippen LogP contribution in [0.1, 0.15) is 16.7 Å². The van der Waals surface area contributed by atoms with Crippen LogP contribution in [0.5, 0.6) is 23.0 Å². The first kappa shape index (κ1) is 17.9. The normalized spacial score (nSPS) is 13.2. The lowest BCUT2D eigenvalue weighted by Crippen LogP contribution is -2.11. The number of allylic oxidation sites excluding steroid dienone is 1. The molecule has 0 radical (unpaired) electrons. The van der Waals surface area contributed by atoms with Crippen LogP contribution in [0.4, 0.5) is 0 Å². The van der Waals surface area contributed by atoms with Crippen LogP contribution in [-0.2, 0) is 6.42 Å². The topological polar surface area (TPSA) is 49.3 Å². The van der Waals surface area contributed by atoms with Crippen LogP contribution in [0.3, 0.4) is 0 Å². The van der Waals surface area contributed by atoms with Crippen LogP contribution >= 0.6 is 0 Å². The summed E-state index contributed by atoms with van der Waals surface area (Å²) in [6.07, 6.45) is 4.93. The van der Waals surface area contributed by atoms with Crippen LogP contribution in [0.25, 0.3) is 6.08 Å². The molecule has 1 aliphatic heterocycles. The summed E-state index contributed by atoms with van der Waals surface area (Å²) in [6.45, 7) is 0.758. The molecule has 2 aromatic carbocycles. The van der Waals surface area contributed by atoms with E-state index in [9.17, 15) is 0 Å².